The fourth-order valence-corrected chi connectivity index (χ4v) is 3.19. The number of carbonyl (C=O) groups is 2. The van der Waals surface area contributed by atoms with Gasteiger partial charge in [0, 0.05) is 23.2 Å². The zero-order valence-electron chi connectivity index (χ0n) is 12.5. The second-order valence-corrected chi connectivity index (χ2v) is 6.43. The smallest absolute Gasteiger partial charge is 0.239 e. The number of hydrogen-bond donors (Lipinski definition) is 1. The Kier molecular flexibility index (Phi) is 4.76. The van der Waals surface area contributed by atoms with Crippen molar-refractivity contribution in [2.45, 2.75) is 13.0 Å². The minimum absolute atomic E-state index is 0.122. The standard InChI is InChI=1S/C18H17BrN2O2/c19-14-6-4-5-13(11-14)12-20-17(22)16-9-10-21(18(16)23)15-7-2-1-3-8-15/h1-8,11,16H,9-10,12H2,(H,20,22)/t16-/m1/s1. The second-order valence-electron chi connectivity index (χ2n) is 5.51. The Hall–Kier alpha value is -2.14. The van der Waals surface area contributed by atoms with Crippen molar-refractivity contribution in [1.82, 2.24) is 5.32 Å². The lowest BCUT2D eigenvalue weighted by Crippen LogP contribution is -2.36. The fourth-order valence-electron chi connectivity index (χ4n) is 2.75. The van der Waals surface area contributed by atoms with Crippen molar-refractivity contribution in [2.24, 2.45) is 5.92 Å². The number of benzene rings is 2. The van der Waals surface area contributed by atoms with Gasteiger partial charge in [-0.1, -0.05) is 46.3 Å². The lowest BCUT2D eigenvalue weighted by molar-refractivity contribution is -0.132. The fraction of sp³-hybridized carbons (Fsp3) is 0.222. The van der Waals surface area contributed by atoms with Crippen LogP contribution in [0.1, 0.15) is 12.0 Å². The zero-order chi connectivity index (χ0) is 16.2. The van der Waals surface area contributed by atoms with Gasteiger partial charge in [-0.05, 0) is 36.2 Å². The maximum Gasteiger partial charge on any atom is 0.239 e. The molecule has 2 aromatic carbocycles. The molecule has 0 radical (unpaired) electrons. The van der Waals surface area contributed by atoms with Gasteiger partial charge in [0.15, 0.2) is 0 Å². The summed E-state index contributed by atoms with van der Waals surface area (Å²) in [7, 11) is 0. The van der Waals surface area contributed by atoms with Gasteiger partial charge < -0.3 is 10.2 Å². The highest BCUT2D eigenvalue weighted by atomic mass is 79.9. The van der Waals surface area contributed by atoms with E-state index in [-0.39, 0.29) is 11.8 Å². The summed E-state index contributed by atoms with van der Waals surface area (Å²) in [4.78, 5) is 26.5. The van der Waals surface area contributed by atoms with Crippen molar-refractivity contribution < 1.29 is 9.59 Å². The molecule has 23 heavy (non-hydrogen) atoms. The van der Waals surface area contributed by atoms with E-state index in [9.17, 15) is 9.59 Å². The zero-order valence-corrected chi connectivity index (χ0v) is 14.1. The molecular formula is C18H17BrN2O2. The molecule has 1 saturated heterocycles. The molecule has 1 fully saturated rings. The minimum Gasteiger partial charge on any atom is -0.351 e. The molecule has 2 amide bonds. The van der Waals surface area contributed by atoms with Crippen molar-refractivity contribution in [3.63, 3.8) is 0 Å². The molecule has 0 unspecified atom stereocenters. The number of carbonyl (C=O) groups excluding carboxylic acids is 2. The van der Waals surface area contributed by atoms with E-state index in [1.165, 1.54) is 0 Å². The van der Waals surface area contributed by atoms with Crippen LogP contribution in [0.4, 0.5) is 5.69 Å². The monoisotopic (exact) mass is 372 g/mol. The average Bonchev–Trinajstić information content (AvgIpc) is 2.95. The van der Waals surface area contributed by atoms with Crippen molar-refractivity contribution in [3.05, 3.63) is 64.6 Å². The highest BCUT2D eigenvalue weighted by Crippen LogP contribution is 2.25. The number of hydrogen-bond acceptors (Lipinski definition) is 2. The highest BCUT2D eigenvalue weighted by molar-refractivity contribution is 9.10. The van der Waals surface area contributed by atoms with E-state index in [2.05, 4.69) is 21.2 Å². The van der Waals surface area contributed by atoms with Crippen LogP contribution < -0.4 is 10.2 Å². The maximum absolute atomic E-state index is 12.5. The van der Waals surface area contributed by atoms with Gasteiger partial charge in [0.25, 0.3) is 0 Å². The van der Waals surface area contributed by atoms with Crippen LogP contribution in [-0.4, -0.2) is 18.4 Å². The molecule has 5 heteroatoms. The van der Waals surface area contributed by atoms with E-state index in [1.54, 1.807) is 4.90 Å². The van der Waals surface area contributed by atoms with Crippen molar-refractivity contribution >= 4 is 33.4 Å². The third kappa shape index (κ3) is 3.62. The molecule has 3 rings (SSSR count). The van der Waals surface area contributed by atoms with Gasteiger partial charge in [-0.15, -0.1) is 0 Å². The van der Waals surface area contributed by atoms with Crippen molar-refractivity contribution in [2.75, 3.05) is 11.4 Å². The molecule has 0 bridgehead atoms. The third-order valence-electron chi connectivity index (χ3n) is 3.95. The van der Waals surface area contributed by atoms with E-state index in [4.69, 9.17) is 0 Å². The van der Waals surface area contributed by atoms with Crippen molar-refractivity contribution in [3.8, 4) is 0 Å². The van der Waals surface area contributed by atoms with Gasteiger partial charge in [0.1, 0.15) is 5.92 Å². The van der Waals surface area contributed by atoms with Crippen LogP contribution in [0.3, 0.4) is 0 Å². The van der Waals surface area contributed by atoms with Crippen LogP contribution in [-0.2, 0) is 16.1 Å². The minimum atomic E-state index is -0.595. The molecule has 118 valence electrons. The second kappa shape index (κ2) is 6.96. The average molecular weight is 373 g/mol. The van der Waals surface area contributed by atoms with Crippen LogP contribution in [0.25, 0.3) is 0 Å². The van der Waals surface area contributed by atoms with E-state index in [1.807, 2.05) is 54.6 Å². The number of nitrogens with zero attached hydrogens (tertiary/aromatic N) is 1. The van der Waals surface area contributed by atoms with Gasteiger partial charge in [0.05, 0.1) is 0 Å². The summed E-state index contributed by atoms with van der Waals surface area (Å²) >= 11 is 3.41. The summed E-state index contributed by atoms with van der Waals surface area (Å²) in [5.74, 6) is -0.918. The first-order valence-corrected chi connectivity index (χ1v) is 8.33. The summed E-state index contributed by atoms with van der Waals surface area (Å²) in [5, 5.41) is 2.86. The van der Waals surface area contributed by atoms with Gasteiger partial charge in [-0.2, -0.15) is 0 Å². The number of rotatable bonds is 4. The van der Waals surface area contributed by atoms with E-state index in [0.717, 1.165) is 15.7 Å². The number of amides is 2. The van der Waals surface area contributed by atoms with Crippen LogP contribution in [0.15, 0.2) is 59.1 Å². The quantitative estimate of drug-likeness (QED) is 0.838. The van der Waals surface area contributed by atoms with Gasteiger partial charge >= 0.3 is 0 Å². The molecule has 1 atom stereocenters. The number of para-hydroxylation sites is 1. The van der Waals surface area contributed by atoms with Crippen LogP contribution in [0.2, 0.25) is 0 Å². The highest BCUT2D eigenvalue weighted by Gasteiger charge is 2.37. The number of halogens is 1. The molecule has 2 aromatic rings. The summed E-state index contributed by atoms with van der Waals surface area (Å²) < 4.78 is 0.969. The van der Waals surface area contributed by atoms with Gasteiger partial charge in [-0.25, -0.2) is 0 Å². The Bertz CT molecular complexity index is 718. The normalized spacial score (nSPS) is 17.3. The first kappa shape index (κ1) is 15.7. The predicted molar refractivity (Wildman–Crippen MR) is 92.9 cm³/mol. The third-order valence-corrected chi connectivity index (χ3v) is 4.44. The molecule has 1 heterocycles. The number of anilines is 1. The van der Waals surface area contributed by atoms with E-state index >= 15 is 0 Å². The predicted octanol–water partition coefficient (Wildman–Crippen LogP) is 3.12. The lowest BCUT2D eigenvalue weighted by atomic mass is 10.1. The molecule has 1 N–H and O–H groups in total. The largest absolute Gasteiger partial charge is 0.351 e. The maximum atomic E-state index is 12.5. The lowest BCUT2D eigenvalue weighted by Gasteiger charge is -2.16. The molecule has 1 aliphatic rings. The SMILES string of the molecule is O=C(NCc1cccc(Br)c1)[C@H]1CCN(c2ccccc2)C1=O. The van der Waals surface area contributed by atoms with Gasteiger partial charge in [0.2, 0.25) is 11.8 Å². The Balaban J connectivity index is 1.61. The molecule has 1 aliphatic heterocycles. The Morgan fingerprint density at radius 2 is 1.96 bits per heavy atom. The topological polar surface area (TPSA) is 49.4 Å². The summed E-state index contributed by atoms with van der Waals surface area (Å²) in [6.07, 6.45) is 0.554. The summed E-state index contributed by atoms with van der Waals surface area (Å²) in [6.45, 7) is 1.01. The molecule has 0 spiro atoms. The summed E-state index contributed by atoms with van der Waals surface area (Å²) in [5.41, 5.74) is 1.85. The first-order valence-electron chi connectivity index (χ1n) is 7.54. The first-order chi connectivity index (χ1) is 11.1. The van der Waals surface area contributed by atoms with Crippen LogP contribution >= 0.6 is 15.9 Å². The molecular weight excluding hydrogens is 356 g/mol. The van der Waals surface area contributed by atoms with Gasteiger partial charge in [-0.3, -0.25) is 9.59 Å². The van der Waals surface area contributed by atoms with Crippen LogP contribution in [0.5, 0.6) is 0 Å². The Labute approximate surface area is 143 Å². The molecule has 0 aromatic heterocycles. The molecule has 0 saturated carbocycles. The Morgan fingerprint density at radius 3 is 2.70 bits per heavy atom. The number of nitrogens with one attached hydrogen (secondary N) is 1. The van der Waals surface area contributed by atoms with E-state index < -0.39 is 5.92 Å². The summed E-state index contributed by atoms with van der Waals surface area (Å²) in [6, 6.07) is 17.2. The van der Waals surface area contributed by atoms with Crippen LogP contribution in [0, 0.1) is 5.92 Å². The Morgan fingerprint density at radius 1 is 1.17 bits per heavy atom. The van der Waals surface area contributed by atoms with E-state index in [0.29, 0.717) is 19.5 Å². The molecule has 0 aliphatic carbocycles. The van der Waals surface area contributed by atoms with Crippen molar-refractivity contribution in [1.29, 1.82) is 0 Å². The molecule has 4 nitrogen and oxygen atoms in total.